The Morgan fingerprint density at radius 1 is 1.12 bits per heavy atom. The first-order valence-corrected chi connectivity index (χ1v) is 7.92. The Bertz CT molecular complexity index is 886. The smallest absolute Gasteiger partial charge is 0.329 e. The number of benzene rings is 2. The van der Waals surface area contributed by atoms with E-state index in [1.807, 2.05) is 19.1 Å². The first-order chi connectivity index (χ1) is 12.4. The van der Waals surface area contributed by atoms with E-state index in [9.17, 15) is 19.5 Å². The molecule has 4 amide bonds. The number of carbonyl (C=O) groups excluding carboxylic acids is 3. The summed E-state index contributed by atoms with van der Waals surface area (Å²) in [7, 11) is 0. The quantitative estimate of drug-likeness (QED) is 0.581. The van der Waals surface area contributed by atoms with E-state index in [0.717, 1.165) is 10.5 Å². The third-order valence-electron chi connectivity index (χ3n) is 3.80. The number of hydrogen-bond donors (Lipinski definition) is 3. The first-order valence-electron chi connectivity index (χ1n) is 7.92. The summed E-state index contributed by atoms with van der Waals surface area (Å²) in [6.45, 7) is 1.55. The van der Waals surface area contributed by atoms with Gasteiger partial charge < -0.3 is 15.7 Å². The van der Waals surface area contributed by atoms with Gasteiger partial charge in [-0.2, -0.15) is 0 Å². The summed E-state index contributed by atoms with van der Waals surface area (Å²) in [6, 6.07) is 12.7. The van der Waals surface area contributed by atoms with Crippen molar-refractivity contribution in [2.75, 3.05) is 11.9 Å². The number of aryl methyl sites for hydroxylation is 1. The molecule has 1 aliphatic rings. The Balaban J connectivity index is 1.67. The number of aromatic hydroxyl groups is 1. The van der Waals surface area contributed by atoms with E-state index in [2.05, 4.69) is 10.6 Å². The summed E-state index contributed by atoms with van der Waals surface area (Å²) in [5.74, 6) is -0.950. The average Bonchev–Trinajstić information content (AvgIpc) is 2.86. The molecular formula is C19H17N3O4. The third kappa shape index (κ3) is 3.89. The summed E-state index contributed by atoms with van der Waals surface area (Å²) in [4.78, 5) is 37.3. The number of rotatable bonds is 4. The zero-order valence-corrected chi connectivity index (χ0v) is 14.0. The van der Waals surface area contributed by atoms with E-state index in [4.69, 9.17) is 0 Å². The molecule has 2 aromatic carbocycles. The van der Waals surface area contributed by atoms with Crippen LogP contribution < -0.4 is 10.6 Å². The molecule has 1 fully saturated rings. The van der Waals surface area contributed by atoms with Crippen molar-refractivity contribution in [2.45, 2.75) is 6.92 Å². The third-order valence-corrected chi connectivity index (χ3v) is 3.80. The lowest BCUT2D eigenvalue weighted by atomic mass is 10.2. The Labute approximate surface area is 149 Å². The summed E-state index contributed by atoms with van der Waals surface area (Å²) >= 11 is 0. The molecule has 1 aliphatic heterocycles. The molecule has 0 unspecified atom stereocenters. The van der Waals surface area contributed by atoms with Crippen LogP contribution in [0.5, 0.6) is 5.75 Å². The van der Waals surface area contributed by atoms with Crippen LogP contribution in [0, 0.1) is 6.92 Å². The number of amides is 4. The molecule has 7 heteroatoms. The summed E-state index contributed by atoms with van der Waals surface area (Å²) in [5.41, 5.74) is 2.36. The Kier molecular flexibility index (Phi) is 4.70. The van der Waals surface area contributed by atoms with Crippen molar-refractivity contribution >= 4 is 29.6 Å². The molecule has 0 saturated carbocycles. The molecule has 7 nitrogen and oxygen atoms in total. The normalized spacial score (nSPS) is 15.3. The van der Waals surface area contributed by atoms with Gasteiger partial charge in [0.15, 0.2) is 0 Å². The lowest BCUT2D eigenvalue weighted by molar-refractivity contribution is -0.127. The van der Waals surface area contributed by atoms with Crippen LogP contribution in [0.25, 0.3) is 6.08 Å². The number of nitrogens with zero attached hydrogens (tertiary/aromatic N) is 1. The summed E-state index contributed by atoms with van der Waals surface area (Å²) < 4.78 is 0. The number of phenolic OH excluding ortho intramolecular Hbond substituents is 1. The lowest BCUT2D eigenvalue weighted by Gasteiger charge is -2.12. The van der Waals surface area contributed by atoms with Crippen molar-refractivity contribution in [1.29, 1.82) is 0 Å². The van der Waals surface area contributed by atoms with Gasteiger partial charge in [-0.15, -0.1) is 0 Å². The van der Waals surface area contributed by atoms with Crippen molar-refractivity contribution in [3.8, 4) is 5.75 Å². The van der Waals surface area contributed by atoms with Crippen LogP contribution >= 0.6 is 0 Å². The van der Waals surface area contributed by atoms with Gasteiger partial charge in [0.2, 0.25) is 5.91 Å². The molecule has 132 valence electrons. The van der Waals surface area contributed by atoms with Crippen molar-refractivity contribution < 1.29 is 19.5 Å². The molecule has 0 bridgehead atoms. The Morgan fingerprint density at radius 2 is 1.77 bits per heavy atom. The highest BCUT2D eigenvalue weighted by Gasteiger charge is 2.34. The predicted molar refractivity (Wildman–Crippen MR) is 96.1 cm³/mol. The number of carbonyl (C=O) groups is 3. The largest absolute Gasteiger partial charge is 0.508 e. The Hall–Kier alpha value is -3.61. The van der Waals surface area contributed by atoms with Crippen LogP contribution in [0.4, 0.5) is 10.5 Å². The number of anilines is 1. The topological polar surface area (TPSA) is 98.7 Å². The highest BCUT2D eigenvalue weighted by atomic mass is 16.3. The van der Waals surface area contributed by atoms with Gasteiger partial charge in [0.1, 0.15) is 18.0 Å². The molecule has 0 aromatic heterocycles. The minimum atomic E-state index is -0.654. The van der Waals surface area contributed by atoms with Crippen LogP contribution in [-0.4, -0.2) is 34.4 Å². The maximum Gasteiger partial charge on any atom is 0.329 e. The van der Waals surface area contributed by atoms with Crippen LogP contribution in [-0.2, 0) is 9.59 Å². The van der Waals surface area contributed by atoms with Crippen molar-refractivity contribution in [3.63, 3.8) is 0 Å². The van der Waals surface area contributed by atoms with E-state index in [-0.39, 0.29) is 18.0 Å². The molecule has 0 aliphatic carbocycles. The standard InChI is InChI=1S/C19H17N3O4/c1-12-2-6-14(7-3-12)20-17(24)11-22-18(25)16(21-19(22)26)10-13-4-8-15(23)9-5-13/h2-10,23H,11H2,1H3,(H,20,24)(H,21,26)/b16-10-. The molecule has 0 spiro atoms. The fourth-order valence-electron chi connectivity index (χ4n) is 2.43. The van der Waals surface area contributed by atoms with Crippen molar-refractivity contribution in [1.82, 2.24) is 10.2 Å². The van der Waals surface area contributed by atoms with Gasteiger partial charge in [0, 0.05) is 5.69 Å². The van der Waals surface area contributed by atoms with E-state index >= 15 is 0 Å². The van der Waals surface area contributed by atoms with E-state index in [1.165, 1.54) is 18.2 Å². The van der Waals surface area contributed by atoms with E-state index in [0.29, 0.717) is 11.3 Å². The fourth-order valence-corrected chi connectivity index (χ4v) is 2.43. The maximum absolute atomic E-state index is 12.4. The number of nitrogens with one attached hydrogen (secondary N) is 2. The van der Waals surface area contributed by atoms with Crippen molar-refractivity contribution in [3.05, 3.63) is 65.4 Å². The fraction of sp³-hybridized carbons (Fsp3) is 0.105. The van der Waals surface area contributed by atoms with Gasteiger partial charge >= 0.3 is 6.03 Å². The van der Waals surface area contributed by atoms with E-state index in [1.54, 1.807) is 24.3 Å². The van der Waals surface area contributed by atoms with Gasteiger partial charge in [-0.05, 0) is 42.8 Å². The second kappa shape index (κ2) is 7.10. The monoisotopic (exact) mass is 351 g/mol. The zero-order valence-electron chi connectivity index (χ0n) is 14.0. The maximum atomic E-state index is 12.4. The predicted octanol–water partition coefficient (Wildman–Crippen LogP) is 2.23. The molecule has 1 heterocycles. The SMILES string of the molecule is Cc1ccc(NC(=O)CN2C(=O)N/C(=C\c3ccc(O)cc3)C2=O)cc1. The van der Waals surface area contributed by atoms with Crippen LogP contribution in [0.1, 0.15) is 11.1 Å². The number of imide groups is 1. The molecule has 3 rings (SSSR count). The lowest BCUT2D eigenvalue weighted by Crippen LogP contribution is -2.38. The Morgan fingerprint density at radius 3 is 2.42 bits per heavy atom. The van der Waals surface area contributed by atoms with Gasteiger partial charge in [-0.3, -0.25) is 9.59 Å². The first kappa shape index (κ1) is 17.2. The second-order valence-corrected chi connectivity index (χ2v) is 5.89. The molecular weight excluding hydrogens is 334 g/mol. The van der Waals surface area contributed by atoms with Crippen molar-refractivity contribution in [2.24, 2.45) is 0 Å². The summed E-state index contributed by atoms with van der Waals surface area (Å²) in [5, 5.41) is 14.4. The molecule has 0 radical (unpaired) electrons. The highest BCUT2D eigenvalue weighted by molar-refractivity contribution is 6.15. The molecule has 3 N–H and O–H groups in total. The molecule has 2 aromatic rings. The van der Waals surface area contributed by atoms with Crippen LogP contribution in [0.2, 0.25) is 0 Å². The number of hydrogen-bond acceptors (Lipinski definition) is 4. The van der Waals surface area contributed by atoms with Gasteiger partial charge in [0.25, 0.3) is 5.91 Å². The average molecular weight is 351 g/mol. The number of phenols is 1. The zero-order chi connectivity index (χ0) is 18.7. The van der Waals surface area contributed by atoms with Crippen LogP contribution in [0.15, 0.2) is 54.2 Å². The molecule has 0 atom stereocenters. The highest BCUT2D eigenvalue weighted by Crippen LogP contribution is 2.16. The van der Waals surface area contributed by atoms with Gasteiger partial charge in [-0.1, -0.05) is 29.8 Å². The number of urea groups is 1. The van der Waals surface area contributed by atoms with E-state index < -0.39 is 17.8 Å². The van der Waals surface area contributed by atoms with Gasteiger partial charge in [0.05, 0.1) is 0 Å². The summed E-state index contributed by atoms with van der Waals surface area (Å²) in [6.07, 6.45) is 1.48. The minimum absolute atomic E-state index is 0.0730. The second-order valence-electron chi connectivity index (χ2n) is 5.89. The molecule has 26 heavy (non-hydrogen) atoms. The minimum Gasteiger partial charge on any atom is -0.508 e. The van der Waals surface area contributed by atoms with Crippen LogP contribution in [0.3, 0.4) is 0 Å². The molecule has 1 saturated heterocycles. The van der Waals surface area contributed by atoms with Gasteiger partial charge in [-0.25, -0.2) is 9.69 Å².